The number of hydrogen-bond acceptors (Lipinski definition) is 3. The molecule has 130 valence electrons. The Balaban J connectivity index is 1.66. The third kappa shape index (κ3) is 4.25. The highest BCUT2D eigenvalue weighted by Gasteiger charge is 2.26. The first-order valence-corrected chi connectivity index (χ1v) is 8.44. The molecule has 1 fully saturated rings. The summed E-state index contributed by atoms with van der Waals surface area (Å²) in [4.78, 5) is 26.6. The molecule has 5 nitrogen and oxygen atoms in total. The average Bonchev–Trinajstić information content (AvgIpc) is 2.61. The van der Waals surface area contributed by atoms with Crippen molar-refractivity contribution < 1.29 is 14.3 Å². The van der Waals surface area contributed by atoms with Gasteiger partial charge in [0.15, 0.2) is 0 Å². The number of nitrogens with one attached hydrogen (secondary N) is 1. The van der Waals surface area contributed by atoms with Gasteiger partial charge in [-0.05, 0) is 50.2 Å². The molecule has 0 unspecified atom stereocenters. The van der Waals surface area contributed by atoms with Crippen LogP contribution in [0.4, 0.5) is 5.69 Å². The van der Waals surface area contributed by atoms with E-state index >= 15 is 0 Å². The lowest BCUT2D eigenvalue weighted by atomic mass is 10.1. The SMILES string of the molecule is C[C@H]1CN(C(=O)c2ccc(NC(=O)c3ccccc3)cc2)C[C@H](C)O1. The van der Waals surface area contributed by atoms with E-state index in [1.807, 2.05) is 36.9 Å². The molecule has 0 saturated carbocycles. The van der Waals surface area contributed by atoms with Gasteiger partial charge in [-0.2, -0.15) is 0 Å². The van der Waals surface area contributed by atoms with Crippen LogP contribution >= 0.6 is 0 Å². The van der Waals surface area contributed by atoms with Crippen LogP contribution in [0.25, 0.3) is 0 Å². The molecule has 0 bridgehead atoms. The van der Waals surface area contributed by atoms with Crippen molar-refractivity contribution in [1.82, 2.24) is 4.90 Å². The summed E-state index contributed by atoms with van der Waals surface area (Å²) in [6, 6.07) is 16.0. The van der Waals surface area contributed by atoms with Gasteiger partial charge in [0, 0.05) is 29.9 Å². The van der Waals surface area contributed by atoms with Crippen LogP contribution in [0.1, 0.15) is 34.6 Å². The Morgan fingerprint density at radius 1 is 0.920 bits per heavy atom. The van der Waals surface area contributed by atoms with Gasteiger partial charge in [-0.1, -0.05) is 18.2 Å². The highest BCUT2D eigenvalue weighted by Crippen LogP contribution is 2.17. The molecule has 5 heteroatoms. The molecule has 1 heterocycles. The molecule has 1 saturated heterocycles. The fourth-order valence-corrected chi connectivity index (χ4v) is 3.02. The Morgan fingerprint density at radius 3 is 2.12 bits per heavy atom. The van der Waals surface area contributed by atoms with E-state index in [2.05, 4.69) is 5.32 Å². The fourth-order valence-electron chi connectivity index (χ4n) is 3.02. The molecule has 0 aliphatic carbocycles. The summed E-state index contributed by atoms with van der Waals surface area (Å²) in [5, 5.41) is 2.83. The average molecular weight is 338 g/mol. The minimum absolute atomic E-state index is 0.0112. The van der Waals surface area contributed by atoms with Crippen molar-refractivity contribution in [3.8, 4) is 0 Å². The normalized spacial score (nSPS) is 20.2. The minimum atomic E-state index is -0.171. The maximum absolute atomic E-state index is 12.6. The number of nitrogens with zero attached hydrogens (tertiary/aromatic N) is 1. The lowest BCUT2D eigenvalue weighted by Crippen LogP contribution is -2.48. The Morgan fingerprint density at radius 2 is 1.52 bits per heavy atom. The van der Waals surface area contributed by atoms with Crippen LogP contribution in [0.15, 0.2) is 54.6 Å². The largest absolute Gasteiger partial charge is 0.372 e. The molecule has 0 radical (unpaired) electrons. The van der Waals surface area contributed by atoms with E-state index in [1.165, 1.54) is 0 Å². The number of morpholine rings is 1. The number of ether oxygens (including phenoxy) is 1. The van der Waals surface area contributed by atoms with Crippen LogP contribution in [0, 0.1) is 0 Å². The van der Waals surface area contributed by atoms with E-state index in [-0.39, 0.29) is 24.0 Å². The topological polar surface area (TPSA) is 58.6 Å². The highest BCUT2D eigenvalue weighted by atomic mass is 16.5. The second-order valence-corrected chi connectivity index (χ2v) is 6.36. The first-order chi connectivity index (χ1) is 12.0. The van der Waals surface area contributed by atoms with E-state index in [4.69, 9.17) is 4.74 Å². The van der Waals surface area contributed by atoms with Crippen molar-refractivity contribution in [3.05, 3.63) is 65.7 Å². The molecule has 2 aromatic carbocycles. The third-order valence-electron chi connectivity index (χ3n) is 4.13. The van der Waals surface area contributed by atoms with Crippen LogP contribution in [0.2, 0.25) is 0 Å². The Labute approximate surface area is 147 Å². The molecular formula is C20H22N2O3. The number of carbonyl (C=O) groups is 2. The molecule has 1 aliphatic rings. The maximum atomic E-state index is 12.6. The predicted molar refractivity (Wildman–Crippen MR) is 96.7 cm³/mol. The summed E-state index contributed by atoms with van der Waals surface area (Å²) >= 11 is 0. The van der Waals surface area contributed by atoms with Crippen LogP contribution in [0.5, 0.6) is 0 Å². The quantitative estimate of drug-likeness (QED) is 0.935. The van der Waals surface area contributed by atoms with Gasteiger partial charge >= 0.3 is 0 Å². The van der Waals surface area contributed by atoms with E-state index < -0.39 is 0 Å². The molecule has 25 heavy (non-hydrogen) atoms. The lowest BCUT2D eigenvalue weighted by molar-refractivity contribution is -0.0586. The molecule has 3 rings (SSSR count). The van der Waals surface area contributed by atoms with E-state index in [0.717, 1.165) is 0 Å². The standard InChI is InChI=1S/C20H22N2O3/c1-14-12-22(13-15(2)25-14)20(24)17-8-10-18(11-9-17)21-19(23)16-6-4-3-5-7-16/h3-11,14-15H,12-13H2,1-2H3,(H,21,23)/t14-,15-/m0/s1. The van der Waals surface area contributed by atoms with Crippen molar-refractivity contribution >= 4 is 17.5 Å². The summed E-state index contributed by atoms with van der Waals surface area (Å²) < 4.78 is 5.67. The Bertz CT molecular complexity index is 733. The van der Waals surface area contributed by atoms with Crippen molar-refractivity contribution in [3.63, 3.8) is 0 Å². The second kappa shape index (κ2) is 7.49. The van der Waals surface area contributed by atoms with Gasteiger partial charge in [-0.25, -0.2) is 0 Å². The van der Waals surface area contributed by atoms with E-state index in [0.29, 0.717) is 29.9 Å². The van der Waals surface area contributed by atoms with Crippen LogP contribution in [-0.2, 0) is 4.74 Å². The van der Waals surface area contributed by atoms with E-state index in [1.54, 1.807) is 36.4 Å². The predicted octanol–water partition coefficient (Wildman–Crippen LogP) is 3.19. The molecule has 2 aromatic rings. The zero-order valence-corrected chi connectivity index (χ0v) is 14.4. The smallest absolute Gasteiger partial charge is 0.255 e. The number of rotatable bonds is 3. The summed E-state index contributed by atoms with van der Waals surface area (Å²) in [5.74, 6) is -0.182. The molecule has 0 aromatic heterocycles. The number of anilines is 1. The number of benzene rings is 2. The molecule has 1 aliphatic heterocycles. The lowest BCUT2D eigenvalue weighted by Gasteiger charge is -2.35. The van der Waals surface area contributed by atoms with Crippen molar-refractivity contribution in [2.75, 3.05) is 18.4 Å². The van der Waals surface area contributed by atoms with Crippen molar-refractivity contribution in [2.45, 2.75) is 26.1 Å². The van der Waals surface area contributed by atoms with Gasteiger partial charge in [0.2, 0.25) is 0 Å². The monoisotopic (exact) mass is 338 g/mol. The minimum Gasteiger partial charge on any atom is -0.372 e. The van der Waals surface area contributed by atoms with Crippen molar-refractivity contribution in [2.24, 2.45) is 0 Å². The van der Waals surface area contributed by atoms with E-state index in [9.17, 15) is 9.59 Å². The molecule has 0 spiro atoms. The summed E-state index contributed by atoms with van der Waals surface area (Å²) in [6.07, 6.45) is 0.0780. The summed E-state index contributed by atoms with van der Waals surface area (Å²) in [6.45, 7) is 5.13. The van der Waals surface area contributed by atoms with Gasteiger partial charge in [-0.15, -0.1) is 0 Å². The Kier molecular flexibility index (Phi) is 5.14. The van der Waals surface area contributed by atoms with Crippen LogP contribution in [-0.4, -0.2) is 42.0 Å². The van der Waals surface area contributed by atoms with Gasteiger partial charge < -0.3 is 15.0 Å². The molecule has 2 amide bonds. The van der Waals surface area contributed by atoms with Crippen molar-refractivity contribution in [1.29, 1.82) is 0 Å². The first-order valence-electron chi connectivity index (χ1n) is 8.44. The Hall–Kier alpha value is -2.66. The fraction of sp³-hybridized carbons (Fsp3) is 0.300. The second-order valence-electron chi connectivity index (χ2n) is 6.36. The van der Waals surface area contributed by atoms with Gasteiger partial charge in [0.25, 0.3) is 11.8 Å². The van der Waals surface area contributed by atoms with Crippen LogP contribution < -0.4 is 5.32 Å². The summed E-state index contributed by atoms with van der Waals surface area (Å²) in [7, 11) is 0. The molecule has 2 atom stereocenters. The zero-order valence-electron chi connectivity index (χ0n) is 14.4. The maximum Gasteiger partial charge on any atom is 0.255 e. The number of hydrogen-bond donors (Lipinski definition) is 1. The third-order valence-corrected chi connectivity index (χ3v) is 4.13. The number of amides is 2. The van der Waals surface area contributed by atoms with Gasteiger partial charge in [0.1, 0.15) is 0 Å². The van der Waals surface area contributed by atoms with Gasteiger partial charge in [-0.3, -0.25) is 9.59 Å². The number of carbonyl (C=O) groups excluding carboxylic acids is 2. The molecule has 1 N–H and O–H groups in total. The first kappa shape index (κ1) is 17.2. The van der Waals surface area contributed by atoms with Crippen LogP contribution in [0.3, 0.4) is 0 Å². The van der Waals surface area contributed by atoms with Gasteiger partial charge in [0.05, 0.1) is 12.2 Å². The highest BCUT2D eigenvalue weighted by molar-refractivity contribution is 6.04. The zero-order chi connectivity index (χ0) is 17.8. The molecular weight excluding hydrogens is 316 g/mol. The summed E-state index contributed by atoms with van der Waals surface area (Å²) in [5.41, 5.74) is 1.87.